The lowest BCUT2D eigenvalue weighted by molar-refractivity contribution is -0.113. The summed E-state index contributed by atoms with van der Waals surface area (Å²) in [5, 5.41) is 25.8. The monoisotopic (exact) mass is 528 g/mol. The molecule has 5 rings (SSSR count). The number of aromatic nitrogens is 1. The lowest BCUT2D eigenvalue weighted by atomic mass is 9.84. The second-order valence-electron chi connectivity index (χ2n) is 10.1. The number of nitrogens with zero attached hydrogens (tertiary/aromatic N) is 2. The third-order valence-corrected chi connectivity index (χ3v) is 7.73. The molecular formula is C29H38F2N4O3. The Labute approximate surface area is 222 Å². The van der Waals surface area contributed by atoms with Crippen molar-refractivity contribution in [2.45, 2.75) is 57.2 Å². The van der Waals surface area contributed by atoms with Crippen LogP contribution in [-0.2, 0) is 0 Å². The summed E-state index contributed by atoms with van der Waals surface area (Å²) in [6.07, 6.45) is 3.61. The number of carbonyl (C=O) groups is 1. The van der Waals surface area contributed by atoms with Crippen molar-refractivity contribution in [3.8, 4) is 0 Å². The largest absolute Gasteiger partial charge is 0.389 e. The first-order valence-electron chi connectivity index (χ1n) is 13.5. The van der Waals surface area contributed by atoms with Crippen LogP contribution >= 0.6 is 0 Å². The summed E-state index contributed by atoms with van der Waals surface area (Å²) in [6.45, 7) is 6.54. The summed E-state index contributed by atoms with van der Waals surface area (Å²) < 4.78 is 26.8. The van der Waals surface area contributed by atoms with Gasteiger partial charge in [-0.25, -0.2) is 13.6 Å². The summed E-state index contributed by atoms with van der Waals surface area (Å²) in [4.78, 5) is 19.6. The number of β-amino-alcohol motifs (C(OH)–C–C–N with tert-alkyl or cyclic N) is 1. The van der Waals surface area contributed by atoms with Gasteiger partial charge in [0.15, 0.2) is 0 Å². The summed E-state index contributed by atoms with van der Waals surface area (Å²) >= 11 is 0. The first-order valence-corrected chi connectivity index (χ1v) is 13.5. The number of para-hydroxylation sites is 1. The number of anilines is 1. The molecule has 2 aliphatic rings. The molecule has 1 unspecified atom stereocenters. The molecule has 0 aliphatic carbocycles. The van der Waals surface area contributed by atoms with E-state index in [0.29, 0.717) is 12.5 Å². The fourth-order valence-electron chi connectivity index (χ4n) is 5.53. The van der Waals surface area contributed by atoms with Crippen molar-refractivity contribution in [3.63, 3.8) is 0 Å². The molecule has 7 nitrogen and oxygen atoms in total. The Morgan fingerprint density at radius 2 is 1.71 bits per heavy atom. The molecule has 0 bridgehead atoms. The SMILES string of the molecule is CC.O=C(Nc1cc(F)cc(F)c1)N1CCC(O)(C(O)CN2CCC(c3c[nH]c4ccccc34)CC2)CC1. The zero-order valence-corrected chi connectivity index (χ0v) is 22.1. The first kappa shape index (κ1) is 28.0. The van der Waals surface area contributed by atoms with Crippen LogP contribution in [0.4, 0.5) is 19.3 Å². The number of urea groups is 1. The average Bonchev–Trinajstić information content (AvgIpc) is 3.34. The number of piperidine rings is 2. The zero-order chi connectivity index (χ0) is 27.3. The highest BCUT2D eigenvalue weighted by atomic mass is 19.1. The van der Waals surface area contributed by atoms with E-state index in [1.807, 2.05) is 19.9 Å². The number of carbonyl (C=O) groups excluding carboxylic acids is 1. The molecule has 206 valence electrons. The normalized spacial score (nSPS) is 19.1. The number of nitrogens with one attached hydrogen (secondary N) is 2. The highest BCUT2D eigenvalue weighted by Gasteiger charge is 2.41. The van der Waals surface area contributed by atoms with Gasteiger partial charge in [0.2, 0.25) is 0 Å². The van der Waals surface area contributed by atoms with Crippen molar-refractivity contribution in [1.29, 1.82) is 0 Å². The van der Waals surface area contributed by atoms with Crippen molar-refractivity contribution < 1.29 is 23.8 Å². The molecule has 2 aliphatic heterocycles. The topological polar surface area (TPSA) is 91.8 Å². The minimum absolute atomic E-state index is 0.0365. The van der Waals surface area contributed by atoms with Gasteiger partial charge in [0, 0.05) is 48.5 Å². The third-order valence-electron chi connectivity index (χ3n) is 7.73. The molecule has 0 spiro atoms. The minimum atomic E-state index is -1.28. The minimum Gasteiger partial charge on any atom is -0.389 e. The van der Waals surface area contributed by atoms with Crippen molar-refractivity contribution in [1.82, 2.24) is 14.8 Å². The lowest BCUT2D eigenvalue weighted by Crippen LogP contribution is -2.56. The molecule has 2 saturated heterocycles. The molecule has 2 aromatic carbocycles. The van der Waals surface area contributed by atoms with Crippen LogP contribution in [0.1, 0.15) is 51.0 Å². The first-order chi connectivity index (χ1) is 18.3. The molecule has 1 atom stereocenters. The maximum absolute atomic E-state index is 13.4. The van der Waals surface area contributed by atoms with Crippen molar-refractivity contribution in [3.05, 3.63) is 65.9 Å². The van der Waals surface area contributed by atoms with Gasteiger partial charge < -0.3 is 30.3 Å². The van der Waals surface area contributed by atoms with Gasteiger partial charge in [-0.05, 0) is 68.5 Å². The average molecular weight is 529 g/mol. The van der Waals surface area contributed by atoms with Crippen LogP contribution < -0.4 is 5.32 Å². The van der Waals surface area contributed by atoms with Crippen LogP contribution in [0.2, 0.25) is 0 Å². The van der Waals surface area contributed by atoms with E-state index in [9.17, 15) is 23.8 Å². The van der Waals surface area contributed by atoms with E-state index in [2.05, 4.69) is 39.6 Å². The predicted octanol–water partition coefficient (Wildman–Crippen LogP) is 5.07. The van der Waals surface area contributed by atoms with Crippen LogP contribution in [-0.4, -0.2) is 75.5 Å². The fourth-order valence-corrected chi connectivity index (χ4v) is 5.53. The van der Waals surface area contributed by atoms with Gasteiger partial charge in [-0.15, -0.1) is 0 Å². The molecule has 38 heavy (non-hydrogen) atoms. The zero-order valence-electron chi connectivity index (χ0n) is 22.1. The number of aliphatic hydroxyl groups excluding tert-OH is 1. The van der Waals surface area contributed by atoms with E-state index in [1.165, 1.54) is 15.8 Å². The maximum Gasteiger partial charge on any atom is 0.321 e. The van der Waals surface area contributed by atoms with Gasteiger partial charge >= 0.3 is 6.03 Å². The number of rotatable bonds is 5. The molecule has 9 heteroatoms. The van der Waals surface area contributed by atoms with Gasteiger partial charge in [0.25, 0.3) is 0 Å². The van der Waals surface area contributed by atoms with Crippen molar-refractivity contribution >= 4 is 22.6 Å². The van der Waals surface area contributed by atoms with E-state index in [0.717, 1.165) is 49.6 Å². The number of hydrogen-bond acceptors (Lipinski definition) is 4. The number of aliphatic hydroxyl groups is 2. The number of fused-ring (bicyclic) bond motifs is 1. The van der Waals surface area contributed by atoms with Gasteiger partial charge in [-0.1, -0.05) is 32.0 Å². The number of hydrogen-bond donors (Lipinski definition) is 4. The molecule has 3 aromatic rings. The molecule has 2 fully saturated rings. The Morgan fingerprint density at radius 1 is 1.08 bits per heavy atom. The van der Waals surface area contributed by atoms with Gasteiger partial charge in [-0.2, -0.15) is 0 Å². The molecule has 4 N–H and O–H groups in total. The van der Waals surface area contributed by atoms with E-state index >= 15 is 0 Å². The molecular weight excluding hydrogens is 490 g/mol. The molecule has 3 heterocycles. The summed E-state index contributed by atoms with van der Waals surface area (Å²) in [6, 6.07) is 10.7. The lowest BCUT2D eigenvalue weighted by Gasteiger charge is -2.43. The molecule has 0 radical (unpaired) electrons. The third kappa shape index (κ3) is 6.34. The van der Waals surface area contributed by atoms with Crippen LogP contribution in [0.25, 0.3) is 10.9 Å². The van der Waals surface area contributed by atoms with Crippen LogP contribution in [0.15, 0.2) is 48.7 Å². The van der Waals surface area contributed by atoms with Crippen LogP contribution in [0.5, 0.6) is 0 Å². The highest BCUT2D eigenvalue weighted by molar-refractivity contribution is 5.89. The fraction of sp³-hybridized carbons (Fsp3) is 0.483. The predicted molar refractivity (Wildman–Crippen MR) is 145 cm³/mol. The smallest absolute Gasteiger partial charge is 0.321 e. The second kappa shape index (κ2) is 12.2. The standard InChI is InChI=1S/C27H32F2N4O3.C2H6/c28-19-13-20(29)15-21(14-19)31-26(35)33-11-7-27(36,8-12-33)25(34)17-32-9-5-18(6-10-32)23-16-30-24-4-2-1-3-22(23)24;1-2/h1-4,13-16,18,25,30,34,36H,5-12,17H2,(H,31,35);1-2H3. The van der Waals surface area contributed by atoms with E-state index in [4.69, 9.17) is 0 Å². The Morgan fingerprint density at radius 3 is 2.37 bits per heavy atom. The quantitative estimate of drug-likeness (QED) is 0.372. The van der Waals surface area contributed by atoms with E-state index in [1.54, 1.807) is 0 Å². The molecule has 1 aromatic heterocycles. The van der Waals surface area contributed by atoms with E-state index in [-0.39, 0.29) is 31.6 Å². The molecule has 2 amide bonds. The van der Waals surface area contributed by atoms with Gasteiger partial charge in [-0.3, -0.25) is 0 Å². The van der Waals surface area contributed by atoms with Gasteiger partial charge in [0.05, 0.1) is 11.7 Å². The number of likely N-dealkylation sites (tertiary alicyclic amines) is 2. The number of H-pyrrole nitrogens is 1. The summed E-state index contributed by atoms with van der Waals surface area (Å²) in [5.74, 6) is -1.08. The second-order valence-corrected chi connectivity index (χ2v) is 10.1. The van der Waals surface area contributed by atoms with Crippen molar-refractivity contribution in [2.75, 3.05) is 38.0 Å². The number of benzene rings is 2. The summed E-state index contributed by atoms with van der Waals surface area (Å²) in [5.41, 5.74) is 1.25. The van der Waals surface area contributed by atoms with Crippen LogP contribution in [0, 0.1) is 11.6 Å². The molecule has 0 saturated carbocycles. The number of aromatic amines is 1. The Kier molecular flexibility index (Phi) is 9.02. The Balaban J connectivity index is 0.00000164. The number of halogens is 2. The Bertz CT molecular complexity index is 1200. The van der Waals surface area contributed by atoms with Crippen LogP contribution in [0.3, 0.4) is 0 Å². The van der Waals surface area contributed by atoms with E-state index < -0.39 is 29.4 Å². The maximum atomic E-state index is 13.4. The Hall–Kier alpha value is -3.01. The summed E-state index contributed by atoms with van der Waals surface area (Å²) in [7, 11) is 0. The van der Waals surface area contributed by atoms with Gasteiger partial charge in [0.1, 0.15) is 11.6 Å². The highest BCUT2D eigenvalue weighted by Crippen LogP contribution is 2.34. The number of amides is 2. The van der Waals surface area contributed by atoms with Crippen molar-refractivity contribution in [2.24, 2.45) is 0 Å².